The molecule has 57 heavy (non-hydrogen) atoms. The molecule has 0 radical (unpaired) electrons. The molecule has 0 spiro atoms. The Balaban J connectivity index is 1.13. The average molecular weight is 760 g/mol. The highest BCUT2D eigenvalue weighted by Crippen LogP contribution is 2.43. The molecule has 266 valence electrons. The van der Waals surface area contributed by atoms with Crippen molar-refractivity contribution >= 4 is 82.1 Å². The third-order valence-corrected chi connectivity index (χ3v) is 17.9. The predicted molar refractivity (Wildman–Crippen MR) is 243 cm³/mol. The summed E-state index contributed by atoms with van der Waals surface area (Å²) in [6, 6.07) is 72.9. The van der Waals surface area contributed by atoms with Gasteiger partial charge in [-0.15, -0.1) is 11.3 Å². The third-order valence-electron chi connectivity index (χ3n) is 11.9. The van der Waals surface area contributed by atoms with Gasteiger partial charge in [0.15, 0.2) is 13.9 Å². The molecule has 12 rings (SSSR count). The van der Waals surface area contributed by atoms with E-state index in [-0.39, 0.29) is 0 Å². The quantitative estimate of drug-likeness (QED) is 0.164. The van der Waals surface area contributed by atoms with Gasteiger partial charge in [0, 0.05) is 58.5 Å². The zero-order valence-electron chi connectivity index (χ0n) is 30.8. The topological polar surface area (TPSA) is 30.7 Å². The molecule has 0 N–H and O–H groups in total. The van der Waals surface area contributed by atoms with Crippen LogP contribution in [0.3, 0.4) is 0 Å². The maximum absolute atomic E-state index is 5.64. The fourth-order valence-corrected chi connectivity index (χ4v) is 16.0. The number of thiophene rings is 1. The van der Waals surface area contributed by atoms with Crippen LogP contribution in [0.4, 0.5) is 0 Å². The number of aromatic nitrogens is 3. The van der Waals surface area contributed by atoms with Crippen LogP contribution in [0, 0.1) is 0 Å². The molecule has 1 aliphatic rings. The van der Waals surface area contributed by atoms with Crippen molar-refractivity contribution in [2.24, 2.45) is 0 Å². The van der Waals surface area contributed by atoms with E-state index in [1.165, 1.54) is 68.3 Å². The smallest absolute Gasteiger partial charge is 0.185 e. The Kier molecular flexibility index (Phi) is 7.12. The maximum Gasteiger partial charge on any atom is 0.185 e. The van der Waals surface area contributed by atoms with Gasteiger partial charge in [0.25, 0.3) is 0 Å². The summed E-state index contributed by atoms with van der Waals surface area (Å²) in [5.41, 5.74) is 8.77. The predicted octanol–water partition coefficient (Wildman–Crippen LogP) is 10.6. The van der Waals surface area contributed by atoms with Gasteiger partial charge in [-0.3, -0.25) is 0 Å². The molecule has 0 bridgehead atoms. The van der Waals surface area contributed by atoms with E-state index in [0.29, 0.717) is 0 Å². The minimum Gasteiger partial charge on any atom is -0.309 e. The van der Waals surface area contributed by atoms with E-state index in [4.69, 9.17) is 9.97 Å². The fraction of sp³-hybridized carbons (Fsp3) is 0. The summed E-state index contributed by atoms with van der Waals surface area (Å²) in [5, 5.41) is 10.5. The van der Waals surface area contributed by atoms with Crippen molar-refractivity contribution in [1.82, 2.24) is 14.5 Å². The lowest BCUT2D eigenvalue weighted by Crippen LogP contribution is -2.73. The second-order valence-corrected chi connectivity index (χ2v) is 19.6. The van der Waals surface area contributed by atoms with Crippen molar-refractivity contribution in [1.29, 1.82) is 0 Å². The minimum absolute atomic E-state index is 0.725. The van der Waals surface area contributed by atoms with Gasteiger partial charge in [-0.1, -0.05) is 170 Å². The molecule has 0 amide bonds. The van der Waals surface area contributed by atoms with Crippen LogP contribution in [0.5, 0.6) is 0 Å². The Labute approximate surface area is 334 Å². The van der Waals surface area contributed by atoms with Crippen molar-refractivity contribution in [3.63, 3.8) is 0 Å². The first-order chi connectivity index (χ1) is 28.3. The molecule has 0 unspecified atom stereocenters. The van der Waals surface area contributed by atoms with Crippen molar-refractivity contribution < 1.29 is 0 Å². The lowest BCUT2D eigenvalue weighted by Gasteiger charge is -2.32. The Hall–Kier alpha value is -6.92. The number of para-hydroxylation sites is 1. The molecule has 3 nitrogen and oxygen atoms in total. The highest BCUT2D eigenvalue weighted by molar-refractivity contribution is 7.26. The number of rotatable bonds is 5. The van der Waals surface area contributed by atoms with Crippen LogP contribution >= 0.6 is 11.3 Å². The number of hydrogen-bond donors (Lipinski definition) is 0. The first kappa shape index (κ1) is 32.3. The molecule has 4 heterocycles. The summed E-state index contributed by atoms with van der Waals surface area (Å²) >= 11 is 1.89. The number of fused-ring (bicyclic) bond motifs is 10. The van der Waals surface area contributed by atoms with Gasteiger partial charge >= 0.3 is 0 Å². The van der Waals surface area contributed by atoms with Gasteiger partial charge < -0.3 is 4.57 Å². The summed E-state index contributed by atoms with van der Waals surface area (Å²) in [7, 11) is -2.86. The summed E-state index contributed by atoms with van der Waals surface area (Å²) in [6.45, 7) is 0. The number of benzene rings is 8. The highest BCUT2D eigenvalue weighted by atomic mass is 32.1. The zero-order chi connectivity index (χ0) is 37.5. The van der Waals surface area contributed by atoms with Gasteiger partial charge in [-0.05, 0) is 45.9 Å². The molecule has 5 heteroatoms. The normalized spacial score (nSPS) is 13.1. The highest BCUT2D eigenvalue weighted by Gasteiger charge is 2.51. The molecule has 0 fully saturated rings. The molecule has 0 saturated carbocycles. The van der Waals surface area contributed by atoms with Gasteiger partial charge in [-0.2, -0.15) is 0 Å². The number of hydrogen-bond acceptors (Lipinski definition) is 3. The first-order valence-electron chi connectivity index (χ1n) is 19.4. The molecule has 0 aliphatic carbocycles. The molecular weight excluding hydrogens is 727 g/mol. The van der Waals surface area contributed by atoms with Crippen molar-refractivity contribution in [3.05, 3.63) is 200 Å². The fourth-order valence-electron chi connectivity index (χ4n) is 9.54. The largest absolute Gasteiger partial charge is 0.309 e. The van der Waals surface area contributed by atoms with Gasteiger partial charge in [0.1, 0.15) is 0 Å². The standard InChI is InChI=1S/C52H33N3SSi/c1-4-17-34(18-5-1)48-51-49(42-27-12-15-30-46(42)57(51,37-21-6-2-7-22-37)38-23-8-3-9-24-38)54-52(53-48)35-19-16-20-36(33-35)55-43-28-13-10-26-41(43)47-44(55)32-31-40-39-25-11-14-29-45(39)56-50(40)47/h1-33H. The number of nitrogens with zero attached hydrogens (tertiary/aromatic N) is 3. The Bertz CT molecular complexity index is 3310. The Morgan fingerprint density at radius 3 is 1.88 bits per heavy atom. The molecular formula is C52H33N3SSi. The summed E-state index contributed by atoms with van der Waals surface area (Å²) in [6.07, 6.45) is 0. The van der Waals surface area contributed by atoms with Crippen LogP contribution < -0.4 is 20.7 Å². The average Bonchev–Trinajstić information content (AvgIpc) is 3.94. The van der Waals surface area contributed by atoms with Crippen LogP contribution in [0.1, 0.15) is 0 Å². The van der Waals surface area contributed by atoms with E-state index in [0.717, 1.165) is 34.0 Å². The summed E-state index contributed by atoms with van der Waals surface area (Å²) in [5.74, 6) is 0.725. The first-order valence-corrected chi connectivity index (χ1v) is 22.2. The maximum atomic E-state index is 5.64. The molecule has 3 aromatic heterocycles. The monoisotopic (exact) mass is 759 g/mol. The lowest BCUT2D eigenvalue weighted by molar-refractivity contribution is 1.16. The zero-order valence-corrected chi connectivity index (χ0v) is 32.6. The van der Waals surface area contributed by atoms with E-state index in [1.807, 2.05) is 11.3 Å². The molecule has 11 aromatic rings. The molecule has 1 aliphatic heterocycles. The van der Waals surface area contributed by atoms with Crippen LogP contribution in [0.15, 0.2) is 200 Å². The van der Waals surface area contributed by atoms with Crippen LogP contribution in [0.25, 0.3) is 81.6 Å². The van der Waals surface area contributed by atoms with Crippen molar-refractivity contribution in [2.75, 3.05) is 0 Å². The van der Waals surface area contributed by atoms with Gasteiger partial charge in [-0.25, -0.2) is 9.97 Å². The van der Waals surface area contributed by atoms with E-state index in [9.17, 15) is 0 Å². The van der Waals surface area contributed by atoms with Crippen LogP contribution in [0.2, 0.25) is 0 Å². The van der Waals surface area contributed by atoms with Crippen LogP contribution in [-0.2, 0) is 0 Å². The minimum atomic E-state index is -2.86. The van der Waals surface area contributed by atoms with E-state index >= 15 is 0 Å². The second kappa shape index (κ2) is 12.5. The lowest BCUT2D eigenvalue weighted by atomic mass is 10.1. The molecule has 0 saturated heterocycles. The summed E-state index contributed by atoms with van der Waals surface area (Å²) < 4.78 is 5.06. The SMILES string of the molecule is c1ccc(-c2nc(-c3cccc(-n4c5ccccc5c5c6sc7ccccc7c6ccc54)c3)nc3c2[Si](c2ccccc2)(c2ccccc2)c2ccccc2-3)cc1. The molecule has 0 atom stereocenters. The Morgan fingerprint density at radius 2 is 1.09 bits per heavy atom. The summed E-state index contributed by atoms with van der Waals surface area (Å²) in [4.78, 5) is 11.3. The van der Waals surface area contributed by atoms with Crippen molar-refractivity contribution in [3.8, 4) is 39.6 Å². The van der Waals surface area contributed by atoms with Gasteiger partial charge in [0.2, 0.25) is 0 Å². The van der Waals surface area contributed by atoms with E-state index in [2.05, 4.69) is 205 Å². The Morgan fingerprint density at radius 1 is 0.456 bits per heavy atom. The van der Waals surface area contributed by atoms with Crippen molar-refractivity contribution in [2.45, 2.75) is 0 Å². The van der Waals surface area contributed by atoms with Crippen LogP contribution in [-0.4, -0.2) is 22.6 Å². The van der Waals surface area contributed by atoms with E-state index in [1.54, 1.807) is 0 Å². The second-order valence-electron chi connectivity index (χ2n) is 14.9. The van der Waals surface area contributed by atoms with E-state index < -0.39 is 8.07 Å². The van der Waals surface area contributed by atoms with Gasteiger partial charge in [0.05, 0.1) is 22.4 Å². The third kappa shape index (κ3) is 4.64. The molecule has 8 aromatic carbocycles.